The van der Waals surface area contributed by atoms with E-state index in [1.807, 2.05) is 54.6 Å². The first kappa shape index (κ1) is 20.5. The lowest BCUT2D eigenvalue weighted by molar-refractivity contribution is -0.147. The van der Waals surface area contributed by atoms with Gasteiger partial charge >= 0.3 is 5.97 Å². The van der Waals surface area contributed by atoms with Crippen LogP contribution in [0.15, 0.2) is 78.9 Å². The molecule has 31 heavy (non-hydrogen) atoms. The van der Waals surface area contributed by atoms with Gasteiger partial charge in [-0.05, 0) is 35.4 Å². The Morgan fingerprint density at radius 3 is 2.42 bits per heavy atom. The highest BCUT2D eigenvalue weighted by Gasteiger charge is 2.33. The lowest BCUT2D eigenvalue weighted by Gasteiger charge is -2.37. The maximum atomic E-state index is 13.2. The third kappa shape index (κ3) is 4.69. The Kier molecular flexibility index (Phi) is 6.17. The summed E-state index contributed by atoms with van der Waals surface area (Å²) >= 11 is 0. The van der Waals surface area contributed by atoms with Crippen molar-refractivity contribution in [3.05, 3.63) is 90.0 Å². The maximum Gasteiger partial charge on any atom is 0.310 e. The molecule has 158 valence electrons. The molecule has 0 aromatic heterocycles. The topological polar surface area (TPSA) is 65.1 Å². The Hall–Kier alpha value is -3.80. The first-order valence-corrected chi connectivity index (χ1v) is 10.0. The number of amides is 1. The zero-order chi connectivity index (χ0) is 21.6. The van der Waals surface area contributed by atoms with E-state index in [-0.39, 0.29) is 25.0 Å². The van der Waals surface area contributed by atoms with Crippen molar-refractivity contribution in [3.8, 4) is 11.5 Å². The number of methoxy groups -OCH3 is 1. The van der Waals surface area contributed by atoms with Crippen molar-refractivity contribution in [2.24, 2.45) is 0 Å². The highest BCUT2D eigenvalue weighted by molar-refractivity contribution is 5.97. The van der Waals surface area contributed by atoms with Crippen LogP contribution in [-0.4, -0.2) is 32.2 Å². The van der Waals surface area contributed by atoms with Crippen molar-refractivity contribution in [2.45, 2.75) is 12.5 Å². The van der Waals surface area contributed by atoms with E-state index in [2.05, 4.69) is 0 Å². The van der Waals surface area contributed by atoms with Crippen LogP contribution in [0.5, 0.6) is 11.5 Å². The van der Waals surface area contributed by atoms with Crippen molar-refractivity contribution < 1.29 is 23.8 Å². The number of rotatable bonds is 6. The monoisotopic (exact) mass is 417 g/mol. The van der Waals surface area contributed by atoms with Crippen LogP contribution in [0.1, 0.15) is 17.2 Å². The molecule has 6 heteroatoms. The molecule has 3 aromatic carbocycles. The van der Waals surface area contributed by atoms with Crippen molar-refractivity contribution in [1.82, 2.24) is 0 Å². The summed E-state index contributed by atoms with van der Waals surface area (Å²) in [5.74, 6) is 0.585. The lowest BCUT2D eigenvalue weighted by atomic mass is 10.0. The van der Waals surface area contributed by atoms with Gasteiger partial charge in [0, 0.05) is 0 Å². The molecule has 0 N–H and O–H groups in total. The van der Waals surface area contributed by atoms with Crippen LogP contribution in [0.2, 0.25) is 0 Å². The van der Waals surface area contributed by atoms with E-state index >= 15 is 0 Å². The molecule has 1 aliphatic heterocycles. The van der Waals surface area contributed by atoms with E-state index in [1.165, 1.54) is 0 Å². The molecule has 0 aliphatic carbocycles. The molecule has 0 saturated heterocycles. The number of benzene rings is 3. The third-order valence-corrected chi connectivity index (χ3v) is 5.15. The Labute approximate surface area is 181 Å². The fraction of sp³-hybridized carbons (Fsp3) is 0.200. The Morgan fingerprint density at radius 2 is 1.68 bits per heavy atom. The summed E-state index contributed by atoms with van der Waals surface area (Å²) < 4.78 is 16.3. The number of carbonyl (C=O) groups is 2. The number of fused-ring (bicyclic) bond motifs is 1. The van der Waals surface area contributed by atoms with Crippen molar-refractivity contribution in [1.29, 1.82) is 0 Å². The van der Waals surface area contributed by atoms with Crippen molar-refractivity contribution in [2.75, 3.05) is 25.2 Å². The number of hydrogen-bond donors (Lipinski definition) is 0. The zero-order valence-electron chi connectivity index (χ0n) is 17.2. The molecule has 3 aromatic rings. The quantitative estimate of drug-likeness (QED) is 0.569. The molecule has 4 rings (SSSR count). The fourth-order valence-electron chi connectivity index (χ4n) is 3.59. The minimum absolute atomic E-state index is 0.0824. The summed E-state index contributed by atoms with van der Waals surface area (Å²) in [5.41, 5.74) is 2.41. The van der Waals surface area contributed by atoms with Crippen molar-refractivity contribution in [3.63, 3.8) is 0 Å². The van der Waals surface area contributed by atoms with Crippen LogP contribution in [0, 0.1) is 0 Å². The predicted octanol–water partition coefficient (Wildman–Crippen LogP) is 3.95. The molecule has 0 spiro atoms. The molecular formula is C25H23NO5. The predicted molar refractivity (Wildman–Crippen MR) is 116 cm³/mol. The smallest absolute Gasteiger partial charge is 0.310 e. The van der Waals surface area contributed by atoms with E-state index in [0.29, 0.717) is 23.8 Å². The number of nitrogens with zero attached hydrogens (tertiary/aromatic N) is 1. The van der Waals surface area contributed by atoms with E-state index in [1.54, 1.807) is 36.3 Å². The van der Waals surface area contributed by atoms with Gasteiger partial charge in [-0.25, -0.2) is 0 Å². The summed E-state index contributed by atoms with van der Waals surface area (Å²) in [6.07, 6.45) is 0.0824. The van der Waals surface area contributed by atoms with Crippen LogP contribution in [-0.2, 0) is 20.7 Å². The molecule has 6 nitrogen and oxygen atoms in total. The van der Waals surface area contributed by atoms with Crippen LogP contribution >= 0.6 is 0 Å². The van der Waals surface area contributed by atoms with Gasteiger partial charge in [-0.15, -0.1) is 0 Å². The van der Waals surface area contributed by atoms with Gasteiger partial charge in [-0.1, -0.05) is 54.6 Å². The maximum absolute atomic E-state index is 13.2. The molecule has 0 radical (unpaired) electrons. The van der Waals surface area contributed by atoms with Crippen molar-refractivity contribution >= 4 is 17.6 Å². The second-order valence-corrected chi connectivity index (χ2v) is 7.15. The number of carbonyl (C=O) groups excluding carboxylic acids is 2. The van der Waals surface area contributed by atoms with E-state index in [9.17, 15) is 9.59 Å². The molecule has 1 unspecified atom stereocenters. The summed E-state index contributed by atoms with van der Waals surface area (Å²) in [6.45, 7) is -0.0147. The summed E-state index contributed by atoms with van der Waals surface area (Å²) in [5, 5.41) is 0. The van der Waals surface area contributed by atoms with E-state index in [4.69, 9.17) is 14.2 Å². The first-order valence-electron chi connectivity index (χ1n) is 10.0. The van der Waals surface area contributed by atoms with Gasteiger partial charge in [0.1, 0.15) is 18.1 Å². The van der Waals surface area contributed by atoms with Gasteiger partial charge in [-0.2, -0.15) is 0 Å². The summed E-state index contributed by atoms with van der Waals surface area (Å²) in [6, 6.07) is 23.9. The number of hydrogen-bond acceptors (Lipinski definition) is 5. The second-order valence-electron chi connectivity index (χ2n) is 7.15. The molecule has 1 atom stereocenters. The average molecular weight is 417 g/mol. The summed E-state index contributed by atoms with van der Waals surface area (Å²) in [4.78, 5) is 27.1. The van der Waals surface area contributed by atoms with Crippen LogP contribution in [0.3, 0.4) is 0 Å². The van der Waals surface area contributed by atoms with Crippen LogP contribution < -0.4 is 14.4 Å². The van der Waals surface area contributed by atoms with Gasteiger partial charge < -0.3 is 14.2 Å². The standard InChI is InChI=1S/C25H23NO5/c1-29-20-13-11-18(12-14-20)15-25(28)31-17-24(27)26-21-9-5-6-10-23(21)30-16-22(26)19-7-3-2-4-8-19/h2-14,22H,15-17H2,1H3. The number of ether oxygens (including phenoxy) is 3. The Bertz CT molecular complexity index is 1050. The minimum Gasteiger partial charge on any atom is -0.497 e. The van der Waals surface area contributed by atoms with Gasteiger partial charge in [0.15, 0.2) is 6.61 Å². The largest absolute Gasteiger partial charge is 0.497 e. The molecule has 1 heterocycles. The lowest BCUT2D eigenvalue weighted by Crippen LogP contribution is -2.43. The highest BCUT2D eigenvalue weighted by Crippen LogP contribution is 2.39. The van der Waals surface area contributed by atoms with E-state index < -0.39 is 5.97 Å². The van der Waals surface area contributed by atoms with Gasteiger partial charge in [0.25, 0.3) is 5.91 Å². The fourth-order valence-corrected chi connectivity index (χ4v) is 3.59. The third-order valence-electron chi connectivity index (χ3n) is 5.15. The normalized spacial score (nSPS) is 14.9. The number of para-hydroxylation sites is 2. The first-order chi connectivity index (χ1) is 15.2. The Balaban J connectivity index is 1.47. The second kappa shape index (κ2) is 9.34. The molecule has 0 fully saturated rings. The SMILES string of the molecule is COc1ccc(CC(=O)OCC(=O)N2c3ccccc3OCC2c2ccccc2)cc1. The zero-order valence-corrected chi connectivity index (χ0v) is 17.2. The van der Waals surface area contributed by atoms with E-state index in [0.717, 1.165) is 11.1 Å². The van der Waals surface area contributed by atoms with Gasteiger partial charge in [0.05, 0.1) is 25.3 Å². The minimum atomic E-state index is -0.462. The number of esters is 1. The van der Waals surface area contributed by atoms with Crippen LogP contribution in [0.4, 0.5) is 5.69 Å². The molecule has 1 aliphatic rings. The highest BCUT2D eigenvalue weighted by atomic mass is 16.5. The molecule has 0 saturated carbocycles. The molecule has 1 amide bonds. The van der Waals surface area contributed by atoms with Gasteiger partial charge in [0.2, 0.25) is 0 Å². The van der Waals surface area contributed by atoms with Crippen LogP contribution in [0.25, 0.3) is 0 Å². The summed E-state index contributed by atoms with van der Waals surface area (Å²) in [7, 11) is 1.58. The van der Waals surface area contributed by atoms with Gasteiger partial charge in [-0.3, -0.25) is 14.5 Å². The molecular weight excluding hydrogens is 394 g/mol. The number of anilines is 1. The Morgan fingerprint density at radius 1 is 0.968 bits per heavy atom. The average Bonchev–Trinajstić information content (AvgIpc) is 2.83. The molecule has 0 bridgehead atoms.